The SMILES string of the molecule is CCCCNC(=NC)N(C)CCOc1ccccc1. The molecule has 0 heterocycles. The zero-order chi connectivity index (χ0) is 13.9. The number of guanidine groups is 1. The van der Waals surface area contributed by atoms with Crippen LogP contribution in [0.2, 0.25) is 0 Å². The van der Waals surface area contributed by atoms with Gasteiger partial charge in [-0.15, -0.1) is 0 Å². The number of nitrogens with zero attached hydrogens (tertiary/aromatic N) is 2. The third-order valence-electron chi connectivity index (χ3n) is 2.83. The van der Waals surface area contributed by atoms with E-state index < -0.39 is 0 Å². The van der Waals surface area contributed by atoms with Crippen LogP contribution < -0.4 is 10.1 Å². The lowest BCUT2D eigenvalue weighted by Gasteiger charge is -2.22. The summed E-state index contributed by atoms with van der Waals surface area (Å²) in [5.41, 5.74) is 0. The van der Waals surface area contributed by atoms with Gasteiger partial charge in [0.05, 0.1) is 6.54 Å². The van der Waals surface area contributed by atoms with Crippen molar-refractivity contribution in [3.63, 3.8) is 0 Å². The molecule has 106 valence electrons. The topological polar surface area (TPSA) is 36.9 Å². The molecule has 0 aliphatic carbocycles. The summed E-state index contributed by atoms with van der Waals surface area (Å²) in [6, 6.07) is 9.87. The first-order chi connectivity index (χ1) is 9.27. The highest BCUT2D eigenvalue weighted by Crippen LogP contribution is 2.07. The van der Waals surface area contributed by atoms with Crippen LogP contribution in [-0.4, -0.2) is 44.7 Å². The second-order valence-corrected chi connectivity index (χ2v) is 4.41. The summed E-state index contributed by atoms with van der Waals surface area (Å²) < 4.78 is 5.67. The average Bonchev–Trinajstić information content (AvgIpc) is 2.44. The van der Waals surface area contributed by atoms with E-state index in [2.05, 4.69) is 22.1 Å². The number of unbranched alkanes of at least 4 members (excludes halogenated alkanes) is 1. The zero-order valence-electron chi connectivity index (χ0n) is 12.2. The lowest BCUT2D eigenvalue weighted by Crippen LogP contribution is -2.41. The number of hydrogen-bond donors (Lipinski definition) is 1. The van der Waals surface area contributed by atoms with Gasteiger partial charge in [0.25, 0.3) is 0 Å². The van der Waals surface area contributed by atoms with Crippen LogP contribution in [0.1, 0.15) is 19.8 Å². The molecule has 0 bridgehead atoms. The number of ether oxygens (including phenoxy) is 1. The van der Waals surface area contributed by atoms with E-state index in [0.29, 0.717) is 6.61 Å². The fraction of sp³-hybridized carbons (Fsp3) is 0.533. The molecule has 0 aromatic heterocycles. The van der Waals surface area contributed by atoms with Crippen LogP contribution in [-0.2, 0) is 0 Å². The lowest BCUT2D eigenvalue weighted by atomic mass is 10.3. The molecule has 0 aliphatic heterocycles. The lowest BCUT2D eigenvalue weighted by molar-refractivity contribution is 0.281. The summed E-state index contributed by atoms with van der Waals surface area (Å²) in [5.74, 6) is 1.83. The fourth-order valence-corrected chi connectivity index (χ4v) is 1.68. The third-order valence-corrected chi connectivity index (χ3v) is 2.83. The van der Waals surface area contributed by atoms with Crippen molar-refractivity contribution in [2.45, 2.75) is 19.8 Å². The first-order valence-electron chi connectivity index (χ1n) is 6.87. The van der Waals surface area contributed by atoms with Gasteiger partial charge in [-0.2, -0.15) is 0 Å². The number of nitrogens with one attached hydrogen (secondary N) is 1. The molecule has 0 aliphatic rings. The molecule has 0 unspecified atom stereocenters. The van der Waals surface area contributed by atoms with Crippen LogP contribution in [0.4, 0.5) is 0 Å². The maximum atomic E-state index is 5.67. The molecule has 0 amide bonds. The van der Waals surface area contributed by atoms with Crippen LogP contribution in [0.25, 0.3) is 0 Å². The summed E-state index contributed by atoms with van der Waals surface area (Å²) in [6.07, 6.45) is 2.35. The van der Waals surface area contributed by atoms with E-state index in [-0.39, 0.29) is 0 Å². The van der Waals surface area contributed by atoms with Crippen molar-refractivity contribution < 1.29 is 4.74 Å². The minimum absolute atomic E-state index is 0.648. The van der Waals surface area contributed by atoms with E-state index in [1.165, 1.54) is 6.42 Å². The molecule has 0 spiro atoms. The van der Waals surface area contributed by atoms with Crippen molar-refractivity contribution in [2.75, 3.05) is 33.8 Å². The molecular weight excluding hydrogens is 238 g/mol. The molecule has 1 rings (SSSR count). The van der Waals surface area contributed by atoms with Gasteiger partial charge in [0, 0.05) is 20.6 Å². The molecule has 1 aromatic carbocycles. The largest absolute Gasteiger partial charge is 0.492 e. The Balaban J connectivity index is 2.27. The molecule has 4 heteroatoms. The summed E-state index contributed by atoms with van der Waals surface area (Å²) in [4.78, 5) is 6.34. The molecule has 0 fully saturated rings. The minimum atomic E-state index is 0.648. The van der Waals surface area contributed by atoms with E-state index >= 15 is 0 Å². The standard InChI is InChI=1S/C15H25N3O/c1-4-5-11-17-15(16-2)18(3)12-13-19-14-9-7-6-8-10-14/h6-10H,4-5,11-13H2,1-3H3,(H,16,17). The van der Waals surface area contributed by atoms with Crippen molar-refractivity contribution in [1.29, 1.82) is 0 Å². The quantitative estimate of drug-likeness (QED) is 0.466. The molecule has 0 saturated heterocycles. The smallest absolute Gasteiger partial charge is 0.193 e. The fourth-order valence-electron chi connectivity index (χ4n) is 1.68. The van der Waals surface area contributed by atoms with Crippen LogP contribution >= 0.6 is 0 Å². The Labute approximate surface area is 116 Å². The van der Waals surface area contributed by atoms with E-state index in [9.17, 15) is 0 Å². The van der Waals surface area contributed by atoms with E-state index in [0.717, 1.165) is 31.2 Å². The molecule has 4 nitrogen and oxygen atoms in total. The number of likely N-dealkylation sites (N-methyl/N-ethyl adjacent to an activating group) is 1. The van der Waals surface area contributed by atoms with Crippen LogP contribution in [0.5, 0.6) is 5.75 Å². The van der Waals surface area contributed by atoms with Crippen molar-refractivity contribution in [3.05, 3.63) is 30.3 Å². The third kappa shape index (κ3) is 6.13. The summed E-state index contributed by atoms with van der Waals surface area (Å²) in [6.45, 7) is 4.60. The highest BCUT2D eigenvalue weighted by molar-refractivity contribution is 5.79. The molecule has 0 atom stereocenters. The number of para-hydroxylation sites is 1. The van der Waals surface area contributed by atoms with Crippen molar-refractivity contribution >= 4 is 5.96 Å². The predicted molar refractivity (Wildman–Crippen MR) is 80.8 cm³/mol. The highest BCUT2D eigenvalue weighted by atomic mass is 16.5. The number of hydrogen-bond acceptors (Lipinski definition) is 2. The Morgan fingerprint density at radius 1 is 1.32 bits per heavy atom. The molecule has 0 radical (unpaired) electrons. The zero-order valence-corrected chi connectivity index (χ0v) is 12.2. The van der Waals surface area contributed by atoms with Crippen LogP contribution in [0, 0.1) is 0 Å². The average molecular weight is 263 g/mol. The maximum Gasteiger partial charge on any atom is 0.193 e. The Kier molecular flexibility index (Phi) is 7.47. The monoisotopic (exact) mass is 263 g/mol. The van der Waals surface area contributed by atoms with Gasteiger partial charge in [-0.1, -0.05) is 31.5 Å². The normalized spacial score (nSPS) is 11.2. The Bertz CT molecular complexity index is 365. The maximum absolute atomic E-state index is 5.67. The Hall–Kier alpha value is -1.71. The van der Waals surface area contributed by atoms with Gasteiger partial charge in [0.2, 0.25) is 0 Å². The summed E-state index contributed by atoms with van der Waals surface area (Å²) in [5, 5.41) is 3.34. The van der Waals surface area contributed by atoms with Crippen molar-refractivity contribution in [3.8, 4) is 5.75 Å². The van der Waals surface area contributed by atoms with Gasteiger partial charge in [-0.25, -0.2) is 0 Å². The summed E-state index contributed by atoms with van der Waals surface area (Å²) in [7, 11) is 3.83. The molecule has 1 N–H and O–H groups in total. The first kappa shape index (κ1) is 15.3. The number of benzene rings is 1. The summed E-state index contributed by atoms with van der Waals surface area (Å²) >= 11 is 0. The van der Waals surface area contributed by atoms with Crippen molar-refractivity contribution in [1.82, 2.24) is 10.2 Å². The highest BCUT2D eigenvalue weighted by Gasteiger charge is 2.04. The predicted octanol–water partition coefficient (Wildman–Crippen LogP) is 2.37. The second-order valence-electron chi connectivity index (χ2n) is 4.41. The van der Waals surface area contributed by atoms with Gasteiger partial charge < -0.3 is 15.0 Å². The molecular formula is C15H25N3O. The van der Waals surface area contributed by atoms with Crippen LogP contribution in [0.15, 0.2) is 35.3 Å². The van der Waals surface area contributed by atoms with Gasteiger partial charge >= 0.3 is 0 Å². The molecule has 1 aromatic rings. The van der Waals surface area contributed by atoms with Gasteiger partial charge in [0.15, 0.2) is 5.96 Å². The second kappa shape index (κ2) is 9.25. The van der Waals surface area contributed by atoms with E-state index in [1.807, 2.05) is 44.4 Å². The van der Waals surface area contributed by atoms with Gasteiger partial charge in [-0.3, -0.25) is 4.99 Å². The number of aliphatic imine (C=N–C) groups is 1. The van der Waals surface area contributed by atoms with E-state index in [1.54, 1.807) is 0 Å². The molecule has 19 heavy (non-hydrogen) atoms. The Morgan fingerprint density at radius 3 is 2.68 bits per heavy atom. The van der Waals surface area contributed by atoms with Gasteiger partial charge in [0.1, 0.15) is 12.4 Å². The first-order valence-corrected chi connectivity index (χ1v) is 6.87. The van der Waals surface area contributed by atoms with Crippen molar-refractivity contribution in [2.24, 2.45) is 4.99 Å². The Morgan fingerprint density at radius 2 is 2.05 bits per heavy atom. The minimum Gasteiger partial charge on any atom is -0.492 e. The molecule has 0 saturated carbocycles. The van der Waals surface area contributed by atoms with E-state index in [4.69, 9.17) is 4.74 Å². The van der Waals surface area contributed by atoms with Crippen LogP contribution in [0.3, 0.4) is 0 Å². The number of rotatable bonds is 7. The van der Waals surface area contributed by atoms with Gasteiger partial charge in [-0.05, 0) is 18.6 Å².